The Kier molecular flexibility index (Phi) is 4.17. The van der Waals surface area contributed by atoms with Gasteiger partial charge in [0, 0.05) is 56.4 Å². The van der Waals surface area contributed by atoms with E-state index in [1.807, 2.05) is 0 Å². The monoisotopic (exact) mass is 349 g/mol. The Hall–Kier alpha value is -1.58. The van der Waals surface area contributed by atoms with Gasteiger partial charge in [-0.2, -0.15) is 0 Å². The molecule has 26 heavy (non-hydrogen) atoms. The highest BCUT2D eigenvalue weighted by atomic mass is 15.3. The normalized spacial score (nSPS) is 34.7. The van der Waals surface area contributed by atoms with Crippen molar-refractivity contribution < 1.29 is 0 Å². The zero-order chi connectivity index (χ0) is 17.6. The highest BCUT2D eigenvalue weighted by molar-refractivity contribution is 5.46. The minimum Gasteiger partial charge on any atom is -0.369 e. The quantitative estimate of drug-likeness (QED) is 0.825. The third-order valence-electron chi connectivity index (χ3n) is 7.22. The molecule has 4 aliphatic rings. The van der Waals surface area contributed by atoms with E-state index in [1.165, 1.54) is 51.3 Å². The molecule has 2 aliphatic carbocycles. The van der Waals surface area contributed by atoms with Crippen LogP contribution in [-0.2, 0) is 0 Å². The molecule has 3 atom stereocenters. The molecule has 3 heteroatoms. The number of rotatable bonds is 4. The third-order valence-corrected chi connectivity index (χ3v) is 7.22. The number of anilines is 1. The Balaban J connectivity index is 1.17. The maximum Gasteiger partial charge on any atom is 0.0367 e. The van der Waals surface area contributed by atoms with E-state index in [-0.39, 0.29) is 0 Å². The van der Waals surface area contributed by atoms with Crippen molar-refractivity contribution in [2.75, 3.05) is 50.7 Å². The van der Waals surface area contributed by atoms with Gasteiger partial charge in [0.15, 0.2) is 0 Å². The van der Waals surface area contributed by atoms with Crippen molar-refractivity contribution in [1.82, 2.24) is 9.80 Å². The zero-order valence-corrected chi connectivity index (χ0v) is 16.0. The first-order valence-electron chi connectivity index (χ1n) is 10.4. The van der Waals surface area contributed by atoms with Gasteiger partial charge in [-0.3, -0.25) is 4.90 Å². The maximum atomic E-state index is 2.68. The van der Waals surface area contributed by atoms with Crippen LogP contribution in [0.3, 0.4) is 0 Å². The Bertz CT molecular complexity index is 701. The predicted molar refractivity (Wildman–Crippen MR) is 109 cm³/mol. The van der Waals surface area contributed by atoms with E-state index in [2.05, 4.69) is 70.2 Å². The van der Waals surface area contributed by atoms with Crippen molar-refractivity contribution in [3.05, 3.63) is 54.1 Å². The van der Waals surface area contributed by atoms with E-state index in [0.29, 0.717) is 11.5 Å². The van der Waals surface area contributed by atoms with Crippen molar-refractivity contribution in [2.24, 2.45) is 11.3 Å². The van der Waals surface area contributed by atoms with Gasteiger partial charge >= 0.3 is 0 Å². The molecule has 3 nitrogen and oxygen atoms in total. The molecule has 0 radical (unpaired) electrons. The van der Waals surface area contributed by atoms with Gasteiger partial charge in [-0.1, -0.05) is 43.4 Å². The number of hydrogen-bond acceptors (Lipinski definition) is 3. The first-order chi connectivity index (χ1) is 12.8. The summed E-state index contributed by atoms with van der Waals surface area (Å²) in [7, 11) is 0. The standard InChI is InChI=1S/C23H31N3/c1-2-24-17-20-16-23(20,18-24)19-8-10-22(11-9-19)26-14-12-25(13-15-26)21-6-4-3-5-7-21/h3-10,20,22H,2,11-18H2,1H3. The summed E-state index contributed by atoms with van der Waals surface area (Å²) >= 11 is 0. The van der Waals surface area contributed by atoms with Crippen LogP contribution in [0, 0.1) is 11.3 Å². The maximum absolute atomic E-state index is 2.68. The Morgan fingerprint density at radius 1 is 1.08 bits per heavy atom. The lowest BCUT2D eigenvalue weighted by atomic mass is 9.88. The number of nitrogens with zero attached hydrogens (tertiary/aromatic N) is 3. The Labute approximate surface area is 158 Å². The lowest BCUT2D eigenvalue weighted by molar-refractivity contribution is 0.215. The molecule has 0 bridgehead atoms. The van der Waals surface area contributed by atoms with Crippen molar-refractivity contribution in [3.63, 3.8) is 0 Å². The summed E-state index contributed by atoms with van der Waals surface area (Å²) in [5.41, 5.74) is 3.55. The number of fused-ring (bicyclic) bond motifs is 1. The summed E-state index contributed by atoms with van der Waals surface area (Å²) in [5.74, 6) is 0.935. The van der Waals surface area contributed by atoms with Gasteiger partial charge in [-0.15, -0.1) is 0 Å². The first kappa shape index (κ1) is 16.6. The zero-order valence-electron chi connectivity index (χ0n) is 16.0. The van der Waals surface area contributed by atoms with Crippen LogP contribution < -0.4 is 4.90 Å². The van der Waals surface area contributed by atoms with Gasteiger partial charge in [0.25, 0.3) is 0 Å². The average Bonchev–Trinajstić information content (AvgIpc) is 3.30. The molecular formula is C23H31N3. The average molecular weight is 350 g/mol. The van der Waals surface area contributed by atoms with Gasteiger partial charge < -0.3 is 9.80 Å². The van der Waals surface area contributed by atoms with Gasteiger partial charge in [0.2, 0.25) is 0 Å². The second kappa shape index (κ2) is 6.54. The van der Waals surface area contributed by atoms with Crippen LogP contribution in [0.15, 0.2) is 54.1 Å². The van der Waals surface area contributed by atoms with Crippen molar-refractivity contribution >= 4 is 5.69 Å². The van der Waals surface area contributed by atoms with Crippen LogP contribution in [0.4, 0.5) is 5.69 Å². The third kappa shape index (κ3) is 2.82. The fraction of sp³-hybridized carbons (Fsp3) is 0.565. The van der Waals surface area contributed by atoms with Gasteiger partial charge in [0.1, 0.15) is 0 Å². The Morgan fingerprint density at radius 3 is 2.54 bits per heavy atom. The van der Waals surface area contributed by atoms with Gasteiger partial charge in [-0.25, -0.2) is 0 Å². The molecule has 0 spiro atoms. The summed E-state index contributed by atoms with van der Waals surface area (Å²) < 4.78 is 0. The smallest absolute Gasteiger partial charge is 0.0367 e. The molecule has 0 N–H and O–H groups in total. The SMILES string of the molecule is CCN1CC2CC2(C2=CCC(N3CCN(c4ccccc4)CC3)C=C2)C1. The van der Waals surface area contributed by atoms with E-state index >= 15 is 0 Å². The molecule has 0 aromatic heterocycles. The molecule has 2 heterocycles. The van der Waals surface area contributed by atoms with E-state index in [4.69, 9.17) is 0 Å². The van der Waals surface area contributed by atoms with Crippen LogP contribution in [0.2, 0.25) is 0 Å². The lowest BCUT2D eigenvalue weighted by Crippen LogP contribution is -2.50. The summed E-state index contributed by atoms with van der Waals surface area (Å²) in [6.45, 7) is 10.8. The van der Waals surface area contributed by atoms with Crippen LogP contribution in [0.25, 0.3) is 0 Å². The molecule has 1 aromatic carbocycles. The second-order valence-electron chi connectivity index (χ2n) is 8.57. The number of para-hydroxylation sites is 1. The van der Waals surface area contributed by atoms with Crippen LogP contribution in [-0.4, -0.2) is 61.7 Å². The van der Waals surface area contributed by atoms with Crippen LogP contribution in [0.5, 0.6) is 0 Å². The number of likely N-dealkylation sites (tertiary alicyclic amines) is 1. The molecule has 2 saturated heterocycles. The van der Waals surface area contributed by atoms with Crippen LogP contribution in [0.1, 0.15) is 19.8 Å². The number of allylic oxidation sites excluding steroid dienone is 1. The number of piperidine rings is 1. The highest BCUT2D eigenvalue weighted by Crippen LogP contribution is 2.62. The van der Waals surface area contributed by atoms with Gasteiger partial charge in [0.05, 0.1) is 0 Å². The number of piperazine rings is 1. The van der Waals surface area contributed by atoms with E-state index in [9.17, 15) is 0 Å². The van der Waals surface area contributed by atoms with E-state index in [0.717, 1.165) is 19.0 Å². The summed E-state index contributed by atoms with van der Waals surface area (Å²) in [6, 6.07) is 11.5. The van der Waals surface area contributed by atoms with Gasteiger partial charge in [-0.05, 0) is 43.0 Å². The second-order valence-corrected chi connectivity index (χ2v) is 8.57. The molecule has 1 saturated carbocycles. The molecule has 3 unspecified atom stereocenters. The largest absolute Gasteiger partial charge is 0.369 e. The van der Waals surface area contributed by atoms with Crippen molar-refractivity contribution in [1.29, 1.82) is 0 Å². The molecule has 1 aromatic rings. The summed E-state index contributed by atoms with van der Waals surface area (Å²) in [4.78, 5) is 7.84. The molecule has 2 aliphatic heterocycles. The van der Waals surface area contributed by atoms with E-state index in [1.54, 1.807) is 5.57 Å². The number of hydrogen-bond donors (Lipinski definition) is 0. The minimum absolute atomic E-state index is 0.531. The molecule has 3 fully saturated rings. The summed E-state index contributed by atoms with van der Waals surface area (Å²) in [6.07, 6.45) is 10.2. The molecule has 0 amide bonds. The fourth-order valence-electron chi connectivity index (χ4n) is 5.47. The molecule has 5 rings (SSSR count). The molecular weight excluding hydrogens is 318 g/mol. The van der Waals surface area contributed by atoms with Crippen LogP contribution >= 0.6 is 0 Å². The van der Waals surface area contributed by atoms with E-state index < -0.39 is 0 Å². The topological polar surface area (TPSA) is 9.72 Å². The predicted octanol–water partition coefficient (Wildman–Crippen LogP) is 3.41. The number of benzene rings is 1. The summed E-state index contributed by atoms with van der Waals surface area (Å²) in [5, 5.41) is 0. The minimum atomic E-state index is 0.531. The molecule has 138 valence electrons. The lowest BCUT2D eigenvalue weighted by Gasteiger charge is -2.40. The first-order valence-corrected chi connectivity index (χ1v) is 10.4. The fourth-order valence-corrected chi connectivity index (χ4v) is 5.47. The Morgan fingerprint density at radius 2 is 1.88 bits per heavy atom. The van der Waals surface area contributed by atoms with Crippen molar-refractivity contribution in [3.8, 4) is 0 Å². The van der Waals surface area contributed by atoms with Crippen molar-refractivity contribution in [2.45, 2.75) is 25.8 Å². The highest BCUT2D eigenvalue weighted by Gasteiger charge is 2.60.